The molecule has 1 aromatic rings. The van der Waals surface area contributed by atoms with E-state index >= 15 is 0 Å². The number of halogens is 3. The van der Waals surface area contributed by atoms with Crippen molar-refractivity contribution < 1.29 is 4.79 Å². The van der Waals surface area contributed by atoms with E-state index < -0.39 is 9.70 Å². The Hall–Kier alpha value is -0.860. The Morgan fingerprint density at radius 3 is 2.44 bits per heavy atom. The summed E-state index contributed by atoms with van der Waals surface area (Å²) >= 11 is 15.9. The molecule has 1 amide bonds. The van der Waals surface area contributed by atoms with Crippen molar-refractivity contribution in [1.82, 2.24) is 0 Å². The molecule has 0 saturated carbocycles. The van der Waals surface area contributed by atoms with Gasteiger partial charge in [0, 0.05) is 0 Å². The smallest absolute Gasteiger partial charge is 0.267 e. The highest BCUT2D eigenvalue weighted by molar-refractivity contribution is 6.76. The molecule has 3 nitrogen and oxygen atoms in total. The molecule has 0 radical (unpaired) electrons. The van der Waals surface area contributed by atoms with Crippen molar-refractivity contribution in [3.8, 4) is 0 Å². The first kappa shape index (κ1) is 13.2. The Balaban J connectivity index is 2.56. The van der Waals surface area contributed by atoms with E-state index in [1.807, 2.05) is 30.3 Å². The first-order chi connectivity index (χ1) is 7.50. The summed E-state index contributed by atoms with van der Waals surface area (Å²) in [5.41, 5.74) is 0.978. The van der Waals surface area contributed by atoms with Gasteiger partial charge in [-0.05, 0) is 5.56 Å². The molecule has 0 aliphatic carbocycles. The fourth-order valence-corrected chi connectivity index (χ4v) is 0.981. The number of hydrogen-bond donors (Lipinski definition) is 0. The Kier molecular flexibility index (Phi) is 4.97. The van der Waals surface area contributed by atoms with E-state index in [2.05, 4.69) is 16.0 Å². The number of carbonyl (C=O) groups is 1. The van der Waals surface area contributed by atoms with Gasteiger partial charge in [0.15, 0.2) is 0 Å². The van der Waals surface area contributed by atoms with Crippen LogP contribution in [0.3, 0.4) is 0 Å². The lowest BCUT2D eigenvalue weighted by Gasteiger charge is -2.01. The van der Waals surface area contributed by atoms with Crippen LogP contribution in [0.15, 0.2) is 40.3 Å². The van der Waals surface area contributed by atoms with E-state index in [0.717, 1.165) is 5.56 Å². The van der Waals surface area contributed by atoms with Crippen molar-refractivity contribution in [3.05, 3.63) is 35.9 Å². The van der Waals surface area contributed by atoms with Crippen LogP contribution < -0.4 is 0 Å². The van der Waals surface area contributed by atoms with Crippen LogP contribution in [0.5, 0.6) is 0 Å². The maximum absolute atomic E-state index is 11.0. The van der Waals surface area contributed by atoms with Gasteiger partial charge >= 0.3 is 5.91 Å². The van der Waals surface area contributed by atoms with Gasteiger partial charge in [0.2, 0.25) is 0 Å². The minimum atomic E-state index is -2.05. The maximum Gasteiger partial charge on any atom is 0.307 e. The lowest BCUT2D eigenvalue weighted by atomic mass is 10.2. The van der Waals surface area contributed by atoms with Crippen LogP contribution in [0.4, 0.5) is 0 Å². The van der Waals surface area contributed by atoms with E-state index in [9.17, 15) is 4.79 Å². The molecule has 1 rings (SSSR count). The van der Waals surface area contributed by atoms with Crippen LogP contribution in [0.1, 0.15) is 5.56 Å². The van der Waals surface area contributed by atoms with Crippen LogP contribution in [-0.2, 0) is 11.3 Å². The minimum Gasteiger partial charge on any atom is -0.267 e. The fourth-order valence-electron chi connectivity index (χ4n) is 0.854. The molecular weight excluding hydrogens is 270 g/mol. The number of rotatable bonds is 2. The minimum absolute atomic E-state index is 0.372. The van der Waals surface area contributed by atoms with Gasteiger partial charge in [-0.3, -0.25) is 4.79 Å². The summed E-state index contributed by atoms with van der Waals surface area (Å²) in [6.07, 6.45) is 0. The number of hydrogen-bond acceptors (Lipinski definition) is 2. The molecule has 0 aromatic heterocycles. The second-order valence-corrected chi connectivity index (χ2v) is 5.10. The molecule has 0 spiro atoms. The van der Waals surface area contributed by atoms with Crippen LogP contribution in [0.25, 0.3) is 0 Å². The lowest BCUT2D eigenvalue weighted by Crippen LogP contribution is -2.15. The number of amides is 1. The molecule has 0 unspecified atom stereocenters. The molecule has 0 N–H and O–H groups in total. The summed E-state index contributed by atoms with van der Waals surface area (Å²) in [4.78, 5) is 18.0. The molecule has 0 bridgehead atoms. The SMILES string of the molecule is O=C(N=C=NCc1ccccc1)C(Cl)(Cl)Cl. The van der Waals surface area contributed by atoms with Crippen molar-refractivity contribution in [3.63, 3.8) is 0 Å². The third-order valence-electron chi connectivity index (χ3n) is 1.57. The molecule has 6 heteroatoms. The van der Waals surface area contributed by atoms with Crippen LogP contribution in [0.2, 0.25) is 0 Å². The molecule has 0 atom stereocenters. The summed E-state index contributed by atoms with van der Waals surface area (Å²) in [6, 6.07) is 11.6. The molecule has 16 heavy (non-hydrogen) atoms. The van der Waals surface area contributed by atoms with Gasteiger partial charge in [-0.1, -0.05) is 65.1 Å². The number of carbonyl (C=O) groups excluding carboxylic acids is 1. The second kappa shape index (κ2) is 6.02. The van der Waals surface area contributed by atoms with Gasteiger partial charge in [-0.15, -0.1) is 4.99 Å². The van der Waals surface area contributed by atoms with E-state index in [0.29, 0.717) is 6.54 Å². The second-order valence-electron chi connectivity index (χ2n) is 2.82. The Labute approximate surface area is 108 Å². The standard InChI is InChI=1S/C10H7Cl3N2O/c11-10(12,13)9(16)15-7-14-6-8-4-2-1-3-5-8/h1-5H,6H2. The number of aliphatic imine (C=N–C) groups is 2. The highest BCUT2D eigenvalue weighted by atomic mass is 35.6. The first-order valence-electron chi connectivity index (χ1n) is 4.27. The molecule has 0 heterocycles. The van der Waals surface area contributed by atoms with Crippen LogP contribution >= 0.6 is 34.8 Å². The Morgan fingerprint density at radius 1 is 1.25 bits per heavy atom. The van der Waals surface area contributed by atoms with Crippen LogP contribution in [0, 0.1) is 0 Å². The third kappa shape index (κ3) is 4.77. The normalized spacial score (nSPS) is 10.4. The number of benzene rings is 1. The average Bonchev–Trinajstić information content (AvgIpc) is 2.24. The summed E-state index contributed by atoms with van der Waals surface area (Å²) in [5.74, 6) is -0.908. The van der Waals surface area contributed by atoms with E-state index in [4.69, 9.17) is 34.8 Å². The van der Waals surface area contributed by atoms with E-state index in [1.165, 1.54) is 0 Å². The summed E-state index contributed by atoms with van der Waals surface area (Å²) < 4.78 is -2.05. The van der Waals surface area contributed by atoms with Gasteiger partial charge in [0.1, 0.15) is 0 Å². The van der Waals surface area contributed by atoms with E-state index in [-0.39, 0.29) is 0 Å². The highest BCUT2D eigenvalue weighted by Gasteiger charge is 2.30. The van der Waals surface area contributed by atoms with Crippen molar-refractivity contribution in [2.45, 2.75) is 10.3 Å². The van der Waals surface area contributed by atoms with Crippen molar-refractivity contribution in [2.24, 2.45) is 9.98 Å². The summed E-state index contributed by atoms with van der Waals surface area (Å²) in [7, 11) is 0. The highest BCUT2D eigenvalue weighted by Crippen LogP contribution is 2.27. The van der Waals surface area contributed by atoms with Crippen molar-refractivity contribution in [1.29, 1.82) is 0 Å². The molecular formula is C10H7Cl3N2O. The Bertz CT molecular complexity index is 419. The van der Waals surface area contributed by atoms with Gasteiger partial charge in [0.25, 0.3) is 3.79 Å². The largest absolute Gasteiger partial charge is 0.307 e. The monoisotopic (exact) mass is 276 g/mol. The molecule has 84 valence electrons. The summed E-state index contributed by atoms with van der Waals surface area (Å²) in [6.45, 7) is 0.372. The number of alkyl halides is 3. The fraction of sp³-hybridized carbons (Fsp3) is 0.200. The van der Waals surface area contributed by atoms with Gasteiger partial charge < -0.3 is 0 Å². The van der Waals surface area contributed by atoms with E-state index in [1.54, 1.807) is 0 Å². The molecule has 0 aliphatic heterocycles. The zero-order chi connectivity index (χ0) is 12.0. The maximum atomic E-state index is 11.0. The zero-order valence-electron chi connectivity index (χ0n) is 8.03. The van der Waals surface area contributed by atoms with Gasteiger partial charge in [-0.25, -0.2) is 4.99 Å². The van der Waals surface area contributed by atoms with Gasteiger partial charge in [0.05, 0.1) is 12.6 Å². The molecule has 1 aromatic carbocycles. The Morgan fingerprint density at radius 2 is 1.88 bits per heavy atom. The average molecular weight is 278 g/mol. The predicted octanol–water partition coefficient (Wildman–Crippen LogP) is 3.26. The molecule has 0 aliphatic rings. The lowest BCUT2D eigenvalue weighted by molar-refractivity contribution is -0.116. The molecule has 0 fully saturated rings. The van der Waals surface area contributed by atoms with Crippen LogP contribution in [-0.4, -0.2) is 15.7 Å². The number of nitrogens with zero attached hydrogens (tertiary/aromatic N) is 2. The topological polar surface area (TPSA) is 41.8 Å². The van der Waals surface area contributed by atoms with Crippen molar-refractivity contribution >= 4 is 46.7 Å². The van der Waals surface area contributed by atoms with Gasteiger partial charge in [-0.2, -0.15) is 0 Å². The van der Waals surface area contributed by atoms with Crippen molar-refractivity contribution in [2.75, 3.05) is 0 Å². The third-order valence-corrected chi connectivity index (χ3v) is 2.05. The predicted molar refractivity (Wildman–Crippen MR) is 65.3 cm³/mol. The summed E-state index contributed by atoms with van der Waals surface area (Å²) in [5, 5.41) is 0. The first-order valence-corrected chi connectivity index (χ1v) is 5.41. The molecule has 0 saturated heterocycles. The quantitative estimate of drug-likeness (QED) is 0.604. The zero-order valence-corrected chi connectivity index (χ0v) is 10.3.